The van der Waals surface area contributed by atoms with Crippen molar-refractivity contribution in [2.75, 3.05) is 12.0 Å². The monoisotopic (exact) mass is 636 g/mol. The van der Waals surface area contributed by atoms with E-state index in [9.17, 15) is 14.4 Å². The van der Waals surface area contributed by atoms with E-state index in [1.807, 2.05) is 12.1 Å². The van der Waals surface area contributed by atoms with Crippen LogP contribution in [0.5, 0.6) is 17.2 Å². The van der Waals surface area contributed by atoms with Gasteiger partial charge in [-0.05, 0) is 77.9 Å². The molecular weight excluding hydrogens is 615 g/mol. The van der Waals surface area contributed by atoms with E-state index in [1.54, 1.807) is 72.8 Å². The highest BCUT2D eigenvalue weighted by Gasteiger charge is 2.36. The lowest BCUT2D eigenvalue weighted by Gasteiger charge is -2.26. The number of carbonyl (C=O) groups is 3. The summed E-state index contributed by atoms with van der Waals surface area (Å²) in [6.45, 7) is 0.446. The molecule has 4 aromatic rings. The Morgan fingerprint density at radius 2 is 1.56 bits per heavy atom. The van der Waals surface area contributed by atoms with Crippen molar-refractivity contribution in [3.63, 3.8) is 0 Å². The average molecular weight is 638 g/mol. The number of ether oxygens (including phenoxy) is 3. The van der Waals surface area contributed by atoms with Crippen molar-refractivity contribution in [2.45, 2.75) is 13.2 Å². The first kappa shape index (κ1) is 30.0. The molecule has 1 heterocycles. The second-order valence-electron chi connectivity index (χ2n) is 9.31. The van der Waals surface area contributed by atoms with Crippen LogP contribution in [0.15, 0.2) is 90.5 Å². The normalized spacial score (nSPS) is 14.1. The summed E-state index contributed by atoms with van der Waals surface area (Å²) < 4.78 is 17.1. The average Bonchev–Trinajstić information content (AvgIpc) is 2.98. The van der Waals surface area contributed by atoms with Gasteiger partial charge in [0.15, 0.2) is 11.5 Å². The van der Waals surface area contributed by atoms with Crippen molar-refractivity contribution in [1.82, 2.24) is 5.32 Å². The minimum absolute atomic E-state index is 0.188. The van der Waals surface area contributed by atoms with E-state index in [1.165, 1.54) is 13.2 Å². The Labute approximate surface area is 262 Å². The van der Waals surface area contributed by atoms with Gasteiger partial charge >= 0.3 is 6.03 Å². The van der Waals surface area contributed by atoms with Crippen LogP contribution in [-0.2, 0) is 22.8 Å². The minimum atomic E-state index is -0.865. The Bertz CT molecular complexity index is 1740. The van der Waals surface area contributed by atoms with E-state index in [4.69, 9.17) is 49.0 Å². The molecule has 218 valence electrons. The van der Waals surface area contributed by atoms with Crippen LogP contribution in [0.2, 0.25) is 15.1 Å². The summed E-state index contributed by atoms with van der Waals surface area (Å²) in [5.41, 5.74) is 2.13. The largest absolute Gasteiger partial charge is 0.493 e. The summed E-state index contributed by atoms with van der Waals surface area (Å²) in [6.07, 6.45) is 1.38. The lowest BCUT2D eigenvalue weighted by molar-refractivity contribution is -0.122. The van der Waals surface area contributed by atoms with Crippen molar-refractivity contribution in [3.8, 4) is 17.2 Å². The molecule has 1 fully saturated rings. The number of carbonyl (C=O) groups excluding carboxylic acids is 3. The number of hydrogen-bond acceptors (Lipinski definition) is 6. The first-order valence-electron chi connectivity index (χ1n) is 12.9. The zero-order valence-electron chi connectivity index (χ0n) is 22.6. The number of hydrogen-bond donors (Lipinski definition) is 1. The third kappa shape index (κ3) is 7.11. The molecule has 11 heteroatoms. The summed E-state index contributed by atoms with van der Waals surface area (Å²) in [7, 11) is 1.48. The van der Waals surface area contributed by atoms with Crippen molar-refractivity contribution in [2.24, 2.45) is 0 Å². The summed E-state index contributed by atoms with van der Waals surface area (Å²) >= 11 is 18.2. The number of methoxy groups -OCH3 is 1. The standard InChI is InChI=1S/C32H23Cl3N2O6/c1-41-29-15-19(5-12-28(29)43-17-20-3-2-4-22(33)13-20)14-26-30(38)36-32(40)37(31(26)39)24-8-10-25(11-9-24)42-18-21-6-7-23(34)16-27(21)35/h2-16H,17-18H2,1H3,(H,36,38,40)/b26-14+. The van der Waals surface area contributed by atoms with Gasteiger partial charge in [-0.1, -0.05) is 59.1 Å². The lowest BCUT2D eigenvalue weighted by Crippen LogP contribution is -2.54. The van der Waals surface area contributed by atoms with Crippen molar-refractivity contribution >= 4 is 64.4 Å². The number of anilines is 1. The summed E-state index contributed by atoms with van der Waals surface area (Å²) in [5.74, 6) is -0.261. The zero-order valence-corrected chi connectivity index (χ0v) is 24.9. The van der Waals surface area contributed by atoms with Crippen LogP contribution < -0.4 is 24.4 Å². The zero-order chi connectivity index (χ0) is 30.5. The number of imide groups is 2. The van der Waals surface area contributed by atoms with E-state index in [0.29, 0.717) is 37.9 Å². The van der Waals surface area contributed by atoms with E-state index in [-0.39, 0.29) is 24.5 Å². The second kappa shape index (κ2) is 13.2. The molecule has 0 saturated carbocycles. The van der Waals surface area contributed by atoms with Gasteiger partial charge in [0.05, 0.1) is 12.8 Å². The fourth-order valence-electron chi connectivity index (χ4n) is 4.23. The van der Waals surface area contributed by atoms with E-state index in [0.717, 1.165) is 16.0 Å². The molecule has 1 aliphatic rings. The maximum absolute atomic E-state index is 13.4. The van der Waals surface area contributed by atoms with Gasteiger partial charge in [-0.2, -0.15) is 0 Å². The number of halogens is 3. The summed E-state index contributed by atoms with van der Waals surface area (Å²) in [6, 6.07) is 22.8. The second-order valence-corrected chi connectivity index (χ2v) is 10.6. The highest BCUT2D eigenvalue weighted by molar-refractivity contribution is 6.39. The SMILES string of the molecule is COc1cc(/C=C2\C(=O)NC(=O)N(c3ccc(OCc4ccc(Cl)cc4Cl)cc3)C2=O)ccc1OCc1cccc(Cl)c1. The number of benzene rings is 4. The molecule has 0 bridgehead atoms. The smallest absolute Gasteiger partial charge is 0.335 e. The molecule has 43 heavy (non-hydrogen) atoms. The lowest BCUT2D eigenvalue weighted by atomic mass is 10.1. The molecule has 1 saturated heterocycles. The van der Waals surface area contributed by atoms with Gasteiger partial charge in [0.2, 0.25) is 0 Å². The van der Waals surface area contributed by atoms with Crippen LogP contribution in [-0.4, -0.2) is 25.0 Å². The maximum atomic E-state index is 13.4. The number of amides is 4. The van der Waals surface area contributed by atoms with Crippen LogP contribution in [0.25, 0.3) is 6.08 Å². The Morgan fingerprint density at radius 3 is 2.28 bits per heavy atom. The van der Waals surface area contributed by atoms with E-state index in [2.05, 4.69) is 5.32 Å². The van der Waals surface area contributed by atoms with Gasteiger partial charge in [-0.25, -0.2) is 9.69 Å². The number of barbiturate groups is 1. The number of urea groups is 1. The maximum Gasteiger partial charge on any atom is 0.335 e. The fraction of sp³-hybridized carbons (Fsp3) is 0.0938. The predicted molar refractivity (Wildman–Crippen MR) is 165 cm³/mol. The van der Waals surface area contributed by atoms with Gasteiger partial charge in [-0.15, -0.1) is 0 Å². The van der Waals surface area contributed by atoms with Crippen molar-refractivity contribution in [3.05, 3.63) is 122 Å². The Morgan fingerprint density at radius 1 is 0.791 bits per heavy atom. The summed E-state index contributed by atoms with van der Waals surface area (Å²) in [4.78, 5) is 39.6. The molecule has 0 aliphatic carbocycles. The quantitative estimate of drug-likeness (QED) is 0.151. The molecule has 5 rings (SSSR count). The third-order valence-electron chi connectivity index (χ3n) is 6.39. The van der Waals surface area contributed by atoms with Crippen LogP contribution >= 0.6 is 34.8 Å². The Hall–Kier alpha value is -4.50. The first-order chi connectivity index (χ1) is 20.7. The number of nitrogens with one attached hydrogen (secondary N) is 1. The Kier molecular flexibility index (Phi) is 9.21. The molecule has 0 atom stereocenters. The minimum Gasteiger partial charge on any atom is -0.493 e. The third-order valence-corrected chi connectivity index (χ3v) is 7.21. The topological polar surface area (TPSA) is 94.2 Å². The van der Waals surface area contributed by atoms with Gasteiger partial charge in [-0.3, -0.25) is 14.9 Å². The summed E-state index contributed by atoms with van der Waals surface area (Å²) in [5, 5.41) is 3.81. The molecule has 0 radical (unpaired) electrons. The molecule has 0 unspecified atom stereocenters. The number of rotatable bonds is 9. The van der Waals surface area contributed by atoms with Gasteiger partial charge < -0.3 is 14.2 Å². The highest BCUT2D eigenvalue weighted by Crippen LogP contribution is 2.31. The van der Waals surface area contributed by atoms with Gasteiger partial charge in [0, 0.05) is 20.6 Å². The fourth-order valence-corrected chi connectivity index (χ4v) is 4.91. The van der Waals surface area contributed by atoms with E-state index >= 15 is 0 Å². The molecule has 1 N–H and O–H groups in total. The van der Waals surface area contributed by atoms with Crippen LogP contribution in [0.3, 0.4) is 0 Å². The first-order valence-corrected chi connectivity index (χ1v) is 14.0. The highest BCUT2D eigenvalue weighted by atomic mass is 35.5. The predicted octanol–water partition coefficient (Wildman–Crippen LogP) is 7.48. The van der Waals surface area contributed by atoms with Crippen LogP contribution in [0.4, 0.5) is 10.5 Å². The molecule has 1 aliphatic heterocycles. The molecule has 0 spiro atoms. The molecule has 0 aromatic heterocycles. The molecule has 4 amide bonds. The molecule has 4 aromatic carbocycles. The van der Waals surface area contributed by atoms with Crippen LogP contribution in [0, 0.1) is 0 Å². The van der Waals surface area contributed by atoms with Crippen LogP contribution in [0.1, 0.15) is 16.7 Å². The number of nitrogens with zero attached hydrogens (tertiary/aromatic N) is 1. The molecule has 8 nitrogen and oxygen atoms in total. The Balaban J connectivity index is 1.31. The van der Waals surface area contributed by atoms with Crippen molar-refractivity contribution < 1.29 is 28.6 Å². The molecular formula is C32H23Cl3N2O6. The van der Waals surface area contributed by atoms with Gasteiger partial charge in [0.25, 0.3) is 11.8 Å². The van der Waals surface area contributed by atoms with Crippen molar-refractivity contribution in [1.29, 1.82) is 0 Å². The van der Waals surface area contributed by atoms with E-state index < -0.39 is 17.8 Å². The van der Waals surface area contributed by atoms with Gasteiger partial charge in [0.1, 0.15) is 24.5 Å².